The minimum absolute atomic E-state index is 0.199. The van der Waals surface area contributed by atoms with E-state index in [2.05, 4.69) is 17.5 Å². The Morgan fingerprint density at radius 2 is 1.87 bits per heavy atom. The van der Waals surface area contributed by atoms with Crippen LogP contribution in [-0.4, -0.2) is 50.2 Å². The third-order valence-corrected chi connectivity index (χ3v) is 4.96. The molecule has 0 amide bonds. The van der Waals surface area contributed by atoms with Gasteiger partial charge in [0.05, 0.1) is 5.25 Å². The molecule has 0 aromatic heterocycles. The monoisotopic (exact) mass is 251 g/mol. The topological polar surface area (TPSA) is 37.4 Å². The summed E-state index contributed by atoms with van der Waals surface area (Å²) in [6.45, 7) is 3.19. The van der Waals surface area contributed by atoms with Gasteiger partial charge >= 0.3 is 0 Å². The first-order valence-electron chi connectivity index (χ1n) is 5.56. The predicted octanol–water partition coefficient (Wildman–Crippen LogP) is 1.21. The molecule has 1 saturated heterocycles. The van der Waals surface area contributed by atoms with E-state index in [9.17, 15) is 8.42 Å². The second-order valence-corrected chi connectivity index (χ2v) is 7.07. The smallest absolute Gasteiger partial charge is 0.150 e. The minimum Gasteiger partial charge on any atom is -0.303 e. The van der Waals surface area contributed by atoms with Gasteiger partial charge in [-0.05, 0) is 51.1 Å². The van der Waals surface area contributed by atoms with Gasteiger partial charge in [-0.25, -0.2) is 8.42 Å². The van der Waals surface area contributed by atoms with Crippen LogP contribution < -0.4 is 0 Å². The van der Waals surface area contributed by atoms with Crippen LogP contribution in [0.3, 0.4) is 0 Å². The first-order valence-corrected chi connectivity index (χ1v) is 8.15. The largest absolute Gasteiger partial charge is 0.303 e. The third-order valence-electron chi connectivity index (χ3n) is 3.02. The van der Waals surface area contributed by atoms with Gasteiger partial charge in [0.1, 0.15) is 9.84 Å². The predicted molar refractivity (Wildman–Crippen MR) is 67.4 cm³/mol. The van der Waals surface area contributed by atoms with Crippen molar-refractivity contribution in [3.8, 4) is 0 Å². The molecule has 0 aromatic rings. The lowest BCUT2D eigenvalue weighted by Gasteiger charge is -2.19. The Bertz CT molecular complexity index is 271. The average molecular weight is 251 g/mol. The van der Waals surface area contributed by atoms with E-state index >= 15 is 0 Å². The van der Waals surface area contributed by atoms with E-state index in [0.717, 1.165) is 26.1 Å². The first-order chi connectivity index (χ1) is 7.04. The molecule has 0 radical (unpaired) electrons. The van der Waals surface area contributed by atoms with Crippen LogP contribution in [-0.2, 0) is 9.84 Å². The zero-order valence-electron chi connectivity index (χ0n) is 9.35. The van der Waals surface area contributed by atoms with Crippen molar-refractivity contribution in [3.05, 3.63) is 0 Å². The number of nitrogens with zero attached hydrogens (tertiary/aromatic N) is 1. The molecule has 0 aromatic carbocycles. The summed E-state index contributed by atoms with van der Waals surface area (Å²) in [6.07, 6.45) is 5.30. The van der Waals surface area contributed by atoms with Crippen LogP contribution in [0.4, 0.5) is 0 Å². The van der Waals surface area contributed by atoms with Crippen LogP contribution in [0, 0.1) is 0 Å². The van der Waals surface area contributed by atoms with Gasteiger partial charge in [-0.3, -0.25) is 0 Å². The molecule has 5 heteroatoms. The van der Waals surface area contributed by atoms with Gasteiger partial charge in [0.25, 0.3) is 0 Å². The van der Waals surface area contributed by atoms with Crippen LogP contribution in [0.15, 0.2) is 0 Å². The number of rotatable bonds is 6. The van der Waals surface area contributed by atoms with Crippen molar-refractivity contribution in [2.45, 2.75) is 30.9 Å². The lowest BCUT2D eigenvalue weighted by molar-refractivity contribution is 0.330. The summed E-state index contributed by atoms with van der Waals surface area (Å²) >= 11 is 4.12. The number of hydrogen-bond acceptors (Lipinski definition) is 4. The molecule has 1 aliphatic rings. The van der Waals surface area contributed by atoms with Crippen molar-refractivity contribution in [2.24, 2.45) is 0 Å². The summed E-state index contributed by atoms with van der Waals surface area (Å²) in [5.74, 6) is 0.651. The van der Waals surface area contributed by atoms with Crippen molar-refractivity contribution < 1.29 is 8.42 Å². The fourth-order valence-corrected chi connectivity index (χ4v) is 3.62. The molecule has 0 N–H and O–H groups in total. The molecular formula is C10H21NO2S2. The van der Waals surface area contributed by atoms with Crippen molar-refractivity contribution in [2.75, 3.05) is 31.6 Å². The molecule has 1 fully saturated rings. The van der Waals surface area contributed by atoms with Crippen molar-refractivity contribution in [1.29, 1.82) is 0 Å². The molecule has 0 aliphatic carbocycles. The van der Waals surface area contributed by atoms with Crippen molar-refractivity contribution >= 4 is 22.5 Å². The number of sulfone groups is 1. The highest BCUT2D eigenvalue weighted by atomic mass is 32.2. The van der Waals surface area contributed by atoms with E-state index in [-0.39, 0.29) is 5.25 Å². The lowest BCUT2D eigenvalue weighted by atomic mass is 10.2. The van der Waals surface area contributed by atoms with Gasteiger partial charge in [0.2, 0.25) is 0 Å². The fraction of sp³-hybridized carbons (Fsp3) is 1.00. The molecule has 0 bridgehead atoms. The average Bonchev–Trinajstić information content (AvgIpc) is 2.62. The Hall–Kier alpha value is 0.260. The second-order valence-electron chi connectivity index (χ2n) is 4.30. The Morgan fingerprint density at radius 1 is 1.27 bits per heavy atom. The Morgan fingerprint density at radius 3 is 2.33 bits per heavy atom. The molecule has 90 valence electrons. The highest BCUT2D eigenvalue weighted by molar-refractivity contribution is 7.91. The van der Waals surface area contributed by atoms with Gasteiger partial charge in [-0.15, -0.1) is 0 Å². The standard InChI is InChI=1S/C10H21NO2S2/c1-15(12,13)10(5-9-14)4-8-11-6-2-3-7-11/h10,14H,2-9H2,1H3. The first kappa shape index (κ1) is 13.3. The molecule has 15 heavy (non-hydrogen) atoms. The van der Waals surface area contributed by atoms with Gasteiger partial charge in [0.15, 0.2) is 0 Å². The Labute approximate surface area is 98.6 Å². The molecule has 0 saturated carbocycles. The summed E-state index contributed by atoms with van der Waals surface area (Å²) < 4.78 is 22.9. The minimum atomic E-state index is -2.89. The summed E-state index contributed by atoms with van der Waals surface area (Å²) in [6, 6.07) is 0. The van der Waals surface area contributed by atoms with E-state index < -0.39 is 9.84 Å². The number of hydrogen-bond donors (Lipinski definition) is 1. The van der Waals surface area contributed by atoms with Crippen LogP contribution in [0.25, 0.3) is 0 Å². The van der Waals surface area contributed by atoms with E-state index in [1.807, 2.05) is 0 Å². The van der Waals surface area contributed by atoms with Crippen LogP contribution >= 0.6 is 12.6 Å². The molecule has 1 aliphatic heterocycles. The van der Waals surface area contributed by atoms with Gasteiger partial charge in [-0.1, -0.05) is 0 Å². The molecular weight excluding hydrogens is 230 g/mol. The number of likely N-dealkylation sites (tertiary alicyclic amines) is 1. The van der Waals surface area contributed by atoms with E-state index in [1.54, 1.807) is 0 Å². The number of thiol groups is 1. The molecule has 0 spiro atoms. The van der Waals surface area contributed by atoms with E-state index in [0.29, 0.717) is 12.2 Å². The van der Waals surface area contributed by atoms with E-state index in [1.165, 1.54) is 19.1 Å². The lowest BCUT2D eigenvalue weighted by Crippen LogP contribution is -2.28. The Kier molecular flexibility index (Phi) is 5.43. The van der Waals surface area contributed by atoms with E-state index in [4.69, 9.17) is 0 Å². The molecule has 1 heterocycles. The maximum absolute atomic E-state index is 11.5. The quantitative estimate of drug-likeness (QED) is 0.721. The molecule has 1 unspecified atom stereocenters. The van der Waals surface area contributed by atoms with Crippen molar-refractivity contribution in [1.82, 2.24) is 4.90 Å². The van der Waals surface area contributed by atoms with Crippen LogP contribution in [0.2, 0.25) is 0 Å². The molecule has 3 nitrogen and oxygen atoms in total. The summed E-state index contributed by atoms with van der Waals surface area (Å²) in [5.41, 5.74) is 0. The highest BCUT2D eigenvalue weighted by Crippen LogP contribution is 2.14. The van der Waals surface area contributed by atoms with Crippen molar-refractivity contribution in [3.63, 3.8) is 0 Å². The fourth-order valence-electron chi connectivity index (χ4n) is 2.05. The van der Waals surface area contributed by atoms with Gasteiger partial charge < -0.3 is 4.90 Å². The SMILES string of the molecule is CS(=O)(=O)C(CCS)CCN1CCCC1. The maximum Gasteiger partial charge on any atom is 0.150 e. The zero-order valence-corrected chi connectivity index (χ0v) is 11.1. The Balaban J connectivity index is 2.37. The molecule has 1 atom stereocenters. The third kappa shape index (κ3) is 4.74. The highest BCUT2D eigenvalue weighted by Gasteiger charge is 2.21. The maximum atomic E-state index is 11.5. The van der Waals surface area contributed by atoms with Gasteiger partial charge in [-0.2, -0.15) is 12.6 Å². The zero-order chi connectivity index (χ0) is 11.3. The summed E-state index contributed by atoms with van der Waals surface area (Å²) in [4.78, 5) is 2.36. The summed E-state index contributed by atoms with van der Waals surface area (Å²) in [5, 5.41) is -0.199. The normalized spacial score (nSPS) is 20.7. The van der Waals surface area contributed by atoms with Crippen LogP contribution in [0.5, 0.6) is 0 Å². The summed E-state index contributed by atoms with van der Waals surface area (Å²) in [7, 11) is -2.89. The molecule has 1 rings (SSSR count). The second kappa shape index (κ2) is 6.11. The van der Waals surface area contributed by atoms with Crippen LogP contribution in [0.1, 0.15) is 25.7 Å². The van der Waals surface area contributed by atoms with Gasteiger partial charge in [0, 0.05) is 6.26 Å².